The Morgan fingerprint density at radius 1 is 1.14 bits per heavy atom. The minimum Gasteiger partial charge on any atom is -0.372 e. The van der Waals surface area contributed by atoms with Crippen molar-refractivity contribution in [3.05, 3.63) is 71.2 Å². The van der Waals surface area contributed by atoms with Crippen molar-refractivity contribution in [2.24, 2.45) is 5.73 Å². The van der Waals surface area contributed by atoms with Crippen molar-refractivity contribution < 1.29 is 4.39 Å². The van der Waals surface area contributed by atoms with Crippen LogP contribution < -0.4 is 16.3 Å². The molecule has 29 heavy (non-hydrogen) atoms. The monoisotopic (exact) mass is 394 g/mol. The number of aromatic nitrogens is 4. The fourth-order valence-electron chi connectivity index (χ4n) is 3.48. The maximum Gasteiger partial charge on any atom is 0.351 e. The molecule has 0 saturated carbocycles. The van der Waals surface area contributed by atoms with E-state index in [2.05, 4.69) is 27.1 Å². The van der Waals surface area contributed by atoms with Gasteiger partial charge in [-0.1, -0.05) is 18.2 Å². The van der Waals surface area contributed by atoms with E-state index in [-0.39, 0.29) is 18.7 Å². The first-order chi connectivity index (χ1) is 14.2. The van der Waals surface area contributed by atoms with Crippen LogP contribution in [0.25, 0.3) is 17.1 Å². The molecule has 1 aromatic carbocycles. The van der Waals surface area contributed by atoms with Gasteiger partial charge in [0.25, 0.3) is 0 Å². The first-order valence-corrected chi connectivity index (χ1v) is 9.65. The fourth-order valence-corrected chi connectivity index (χ4v) is 3.48. The molecule has 0 aliphatic carbocycles. The second kappa shape index (κ2) is 8.40. The summed E-state index contributed by atoms with van der Waals surface area (Å²) in [7, 11) is 0. The normalized spacial score (nSPS) is 14.6. The predicted molar refractivity (Wildman–Crippen MR) is 111 cm³/mol. The lowest BCUT2D eigenvalue weighted by molar-refractivity contribution is 0.612. The number of rotatable bonds is 6. The van der Waals surface area contributed by atoms with Crippen LogP contribution in [0.15, 0.2) is 65.5 Å². The van der Waals surface area contributed by atoms with Crippen molar-refractivity contribution in [3.63, 3.8) is 0 Å². The number of nitrogens with two attached hydrogens (primary N) is 1. The molecule has 0 atom stereocenters. The highest BCUT2D eigenvalue weighted by molar-refractivity contribution is 5.64. The molecule has 0 radical (unpaired) electrons. The Balaban J connectivity index is 1.59. The van der Waals surface area contributed by atoms with Crippen molar-refractivity contribution in [3.8, 4) is 17.1 Å². The fraction of sp³-hybridized carbons (Fsp3) is 0.286. The molecule has 2 N–H and O–H groups in total. The van der Waals surface area contributed by atoms with Gasteiger partial charge in [-0.3, -0.25) is 0 Å². The molecule has 3 heterocycles. The van der Waals surface area contributed by atoms with E-state index in [9.17, 15) is 9.18 Å². The first kappa shape index (κ1) is 19.1. The van der Waals surface area contributed by atoms with Crippen LogP contribution in [-0.4, -0.2) is 39.0 Å². The topological polar surface area (TPSA) is 82.0 Å². The summed E-state index contributed by atoms with van der Waals surface area (Å²) >= 11 is 0. The third kappa shape index (κ3) is 3.97. The number of hydrogen-bond donors (Lipinski definition) is 1. The molecule has 4 rings (SSSR count). The molecule has 1 aliphatic rings. The lowest BCUT2D eigenvalue weighted by Gasteiger charge is -2.17. The van der Waals surface area contributed by atoms with Crippen LogP contribution in [0.5, 0.6) is 0 Å². The van der Waals surface area contributed by atoms with Gasteiger partial charge in [-0.05, 0) is 42.7 Å². The van der Waals surface area contributed by atoms with Crippen LogP contribution >= 0.6 is 0 Å². The lowest BCUT2D eigenvalue weighted by atomic mass is 10.1. The molecule has 0 unspecified atom stereocenters. The summed E-state index contributed by atoms with van der Waals surface area (Å²) in [5.74, 6) is 0.459. The second-order valence-corrected chi connectivity index (χ2v) is 7.03. The average Bonchev–Trinajstić information content (AvgIpc) is 3.43. The molecule has 0 bridgehead atoms. The Morgan fingerprint density at radius 2 is 1.90 bits per heavy atom. The Hall–Kier alpha value is -3.26. The number of nitrogens with zero attached hydrogens (tertiary/aromatic N) is 5. The van der Waals surface area contributed by atoms with Gasteiger partial charge in [0.05, 0.1) is 18.6 Å². The van der Waals surface area contributed by atoms with E-state index in [0.717, 1.165) is 29.0 Å². The van der Waals surface area contributed by atoms with Crippen molar-refractivity contribution in [1.29, 1.82) is 0 Å². The number of halogens is 1. The number of benzene rings is 1. The second-order valence-electron chi connectivity index (χ2n) is 7.03. The Labute approximate surface area is 167 Å². The standard InChI is InChI=1S/C21H23FN6O/c22-12-16(13-23)14-28-21(29)27(15-24-28)20-5-3-4-19(25-20)17-6-8-18(9-7-17)26-10-1-2-11-26/h3-9,12,15H,1-2,10-11,13-14,23H2/b16-12+. The van der Waals surface area contributed by atoms with E-state index >= 15 is 0 Å². The molecule has 0 amide bonds. The quantitative estimate of drug-likeness (QED) is 0.695. The molecule has 1 saturated heterocycles. The van der Waals surface area contributed by atoms with Crippen LogP contribution in [-0.2, 0) is 6.54 Å². The zero-order chi connectivity index (χ0) is 20.2. The van der Waals surface area contributed by atoms with Gasteiger partial charge in [0.2, 0.25) is 0 Å². The van der Waals surface area contributed by atoms with Crippen LogP contribution in [0.3, 0.4) is 0 Å². The van der Waals surface area contributed by atoms with Gasteiger partial charge in [-0.15, -0.1) is 0 Å². The van der Waals surface area contributed by atoms with Crippen molar-refractivity contribution in [2.45, 2.75) is 19.4 Å². The zero-order valence-corrected chi connectivity index (χ0v) is 16.0. The van der Waals surface area contributed by atoms with E-state index < -0.39 is 5.69 Å². The van der Waals surface area contributed by atoms with Gasteiger partial charge in [0.15, 0.2) is 0 Å². The van der Waals surface area contributed by atoms with Gasteiger partial charge in [0, 0.05) is 30.9 Å². The highest BCUT2D eigenvalue weighted by atomic mass is 19.1. The summed E-state index contributed by atoms with van der Waals surface area (Å²) in [4.78, 5) is 19.6. The van der Waals surface area contributed by atoms with Gasteiger partial charge in [0.1, 0.15) is 12.1 Å². The Kier molecular flexibility index (Phi) is 5.53. The molecule has 1 fully saturated rings. The number of anilines is 1. The zero-order valence-electron chi connectivity index (χ0n) is 16.0. The number of pyridine rings is 1. The third-order valence-electron chi connectivity index (χ3n) is 5.12. The summed E-state index contributed by atoms with van der Waals surface area (Å²) < 4.78 is 15.3. The third-order valence-corrected chi connectivity index (χ3v) is 5.12. The van der Waals surface area contributed by atoms with Crippen LogP contribution in [0.4, 0.5) is 10.1 Å². The number of hydrogen-bond acceptors (Lipinski definition) is 5. The maximum absolute atomic E-state index is 12.8. The first-order valence-electron chi connectivity index (χ1n) is 9.65. The van der Waals surface area contributed by atoms with Crippen molar-refractivity contribution in [2.75, 3.05) is 24.5 Å². The average molecular weight is 394 g/mol. The maximum atomic E-state index is 12.8. The molecular formula is C21H23FN6O. The SMILES string of the molecule is NC/C(=C\F)Cn1ncn(-c2cccc(-c3ccc(N4CCCC4)cc3)n2)c1=O. The molecule has 7 nitrogen and oxygen atoms in total. The van der Waals surface area contributed by atoms with E-state index in [0.29, 0.717) is 12.1 Å². The molecule has 3 aromatic rings. The predicted octanol–water partition coefficient (Wildman–Crippen LogP) is 2.51. The Morgan fingerprint density at radius 3 is 2.59 bits per heavy atom. The lowest BCUT2D eigenvalue weighted by Crippen LogP contribution is -2.26. The van der Waals surface area contributed by atoms with E-state index in [4.69, 9.17) is 5.73 Å². The summed E-state index contributed by atoms with van der Waals surface area (Å²) in [5, 5.41) is 4.04. The minimum absolute atomic E-state index is 0.0104. The molecule has 150 valence electrons. The van der Waals surface area contributed by atoms with E-state index in [1.807, 2.05) is 24.3 Å². The van der Waals surface area contributed by atoms with E-state index in [1.54, 1.807) is 6.07 Å². The van der Waals surface area contributed by atoms with E-state index in [1.165, 1.54) is 29.4 Å². The summed E-state index contributed by atoms with van der Waals surface area (Å²) in [6.45, 7) is 2.24. The van der Waals surface area contributed by atoms with Gasteiger partial charge >= 0.3 is 5.69 Å². The summed E-state index contributed by atoms with van der Waals surface area (Å²) in [6.07, 6.45) is 4.27. The minimum atomic E-state index is -0.396. The van der Waals surface area contributed by atoms with Crippen LogP contribution in [0, 0.1) is 0 Å². The highest BCUT2D eigenvalue weighted by Crippen LogP contribution is 2.24. The molecule has 8 heteroatoms. The smallest absolute Gasteiger partial charge is 0.351 e. The molecule has 2 aromatic heterocycles. The van der Waals surface area contributed by atoms with Gasteiger partial charge in [-0.2, -0.15) is 5.10 Å². The van der Waals surface area contributed by atoms with Gasteiger partial charge in [-0.25, -0.2) is 23.4 Å². The van der Waals surface area contributed by atoms with Crippen LogP contribution in [0.2, 0.25) is 0 Å². The van der Waals surface area contributed by atoms with Crippen LogP contribution in [0.1, 0.15) is 12.8 Å². The highest BCUT2D eigenvalue weighted by Gasteiger charge is 2.13. The Bertz CT molecular complexity index is 1060. The summed E-state index contributed by atoms with van der Waals surface area (Å²) in [5.41, 5.74) is 8.31. The molecular weight excluding hydrogens is 371 g/mol. The summed E-state index contributed by atoms with van der Waals surface area (Å²) in [6, 6.07) is 13.8. The van der Waals surface area contributed by atoms with Crippen molar-refractivity contribution in [1.82, 2.24) is 19.3 Å². The van der Waals surface area contributed by atoms with Gasteiger partial charge < -0.3 is 10.6 Å². The molecule has 0 spiro atoms. The molecule has 1 aliphatic heterocycles. The largest absolute Gasteiger partial charge is 0.372 e. The van der Waals surface area contributed by atoms with Crippen molar-refractivity contribution >= 4 is 5.69 Å².